The van der Waals surface area contributed by atoms with E-state index in [1.165, 1.54) is 5.56 Å². The fourth-order valence-electron chi connectivity index (χ4n) is 4.75. The van der Waals surface area contributed by atoms with Crippen molar-refractivity contribution in [2.45, 2.75) is 33.4 Å². The molecule has 4 aromatic rings. The molecule has 5 rings (SSSR count). The van der Waals surface area contributed by atoms with Crippen molar-refractivity contribution in [2.75, 3.05) is 7.11 Å². The van der Waals surface area contributed by atoms with Gasteiger partial charge in [-0.05, 0) is 61.2 Å². The Morgan fingerprint density at radius 1 is 1.03 bits per heavy atom. The number of benzene rings is 3. The lowest BCUT2D eigenvalue weighted by atomic mass is 9.94. The Balaban J connectivity index is 1.69. The Bertz CT molecular complexity index is 1390. The average Bonchev–Trinajstić information content (AvgIpc) is 3.37. The average molecular weight is 454 g/mol. The van der Waals surface area contributed by atoms with Crippen LogP contribution in [0.25, 0.3) is 11.3 Å². The van der Waals surface area contributed by atoms with E-state index >= 15 is 0 Å². The predicted molar refractivity (Wildman–Crippen MR) is 131 cm³/mol. The van der Waals surface area contributed by atoms with Crippen molar-refractivity contribution in [1.29, 1.82) is 0 Å². The van der Waals surface area contributed by atoms with E-state index in [0.29, 0.717) is 29.2 Å². The molecule has 6 heteroatoms. The minimum absolute atomic E-state index is 0.119. The fraction of sp³-hybridized carbons (Fsp3) is 0.214. The molecule has 2 N–H and O–H groups in total. The van der Waals surface area contributed by atoms with E-state index in [1.807, 2.05) is 74.2 Å². The number of methoxy groups -OCH3 is 1. The number of aryl methyl sites for hydroxylation is 3. The van der Waals surface area contributed by atoms with Crippen LogP contribution in [0.1, 0.15) is 49.9 Å². The molecule has 1 atom stereocenters. The maximum absolute atomic E-state index is 13.6. The molecule has 0 spiro atoms. The summed E-state index contributed by atoms with van der Waals surface area (Å²) in [6.45, 7) is 6.34. The second kappa shape index (κ2) is 8.37. The van der Waals surface area contributed by atoms with Crippen LogP contribution in [0.15, 0.2) is 60.7 Å². The van der Waals surface area contributed by atoms with E-state index in [2.05, 4.69) is 22.3 Å². The number of nitrogens with zero attached hydrogens (tertiary/aromatic N) is 2. The van der Waals surface area contributed by atoms with E-state index < -0.39 is 0 Å². The summed E-state index contributed by atoms with van der Waals surface area (Å²) >= 11 is 0. The van der Waals surface area contributed by atoms with Crippen LogP contribution in [0.4, 0.5) is 0 Å². The quantitative estimate of drug-likeness (QED) is 0.421. The molecule has 1 aliphatic rings. The van der Waals surface area contributed by atoms with Gasteiger partial charge in [-0.25, -0.2) is 0 Å². The number of phenols is 1. The molecule has 0 radical (unpaired) electrons. The fourth-order valence-corrected chi connectivity index (χ4v) is 4.75. The number of carbonyl (C=O) groups is 1. The molecule has 0 bridgehead atoms. The number of hydrogen-bond donors (Lipinski definition) is 2. The number of ether oxygens (including phenoxy) is 1. The maximum atomic E-state index is 13.6. The van der Waals surface area contributed by atoms with Gasteiger partial charge in [-0.2, -0.15) is 5.10 Å². The molecule has 6 nitrogen and oxygen atoms in total. The Kier molecular flexibility index (Phi) is 5.36. The summed E-state index contributed by atoms with van der Waals surface area (Å²) in [6.07, 6.45) is 0. The highest BCUT2D eigenvalue weighted by Gasteiger charge is 2.42. The zero-order chi connectivity index (χ0) is 24.0. The summed E-state index contributed by atoms with van der Waals surface area (Å²) in [6, 6.07) is 19.4. The van der Waals surface area contributed by atoms with Crippen LogP contribution >= 0.6 is 0 Å². The lowest BCUT2D eigenvalue weighted by molar-refractivity contribution is 0.0730. The van der Waals surface area contributed by atoms with Gasteiger partial charge in [-0.1, -0.05) is 48.0 Å². The van der Waals surface area contributed by atoms with Crippen molar-refractivity contribution in [1.82, 2.24) is 15.1 Å². The van der Waals surface area contributed by atoms with Crippen LogP contribution in [-0.4, -0.2) is 33.2 Å². The normalized spacial score (nSPS) is 15.0. The van der Waals surface area contributed by atoms with Crippen molar-refractivity contribution in [3.63, 3.8) is 0 Å². The molecule has 1 aromatic heterocycles. The van der Waals surface area contributed by atoms with Crippen LogP contribution in [0.2, 0.25) is 0 Å². The third-order valence-electron chi connectivity index (χ3n) is 6.45. The first-order valence-electron chi connectivity index (χ1n) is 11.3. The van der Waals surface area contributed by atoms with Crippen LogP contribution < -0.4 is 4.74 Å². The topological polar surface area (TPSA) is 78.5 Å². The number of aromatic nitrogens is 2. The molecular weight excluding hydrogens is 426 g/mol. The number of aromatic hydroxyl groups is 1. The van der Waals surface area contributed by atoms with Crippen molar-refractivity contribution in [3.05, 3.63) is 99.7 Å². The molecule has 1 aliphatic heterocycles. The number of hydrogen-bond acceptors (Lipinski definition) is 4. The third kappa shape index (κ3) is 3.61. The maximum Gasteiger partial charge on any atom is 0.273 e. The van der Waals surface area contributed by atoms with Crippen LogP contribution in [0.3, 0.4) is 0 Å². The molecule has 172 valence electrons. The number of rotatable bonds is 5. The highest BCUT2D eigenvalue weighted by Crippen LogP contribution is 2.46. The van der Waals surface area contributed by atoms with Gasteiger partial charge in [0.1, 0.15) is 22.9 Å². The lowest BCUT2D eigenvalue weighted by Crippen LogP contribution is -2.29. The Labute approximate surface area is 198 Å². The number of nitrogens with one attached hydrogen (secondary N) is 1. The number of fused-ring (bicyclic) bond motifs is 1. The highest BCUT2D eigenvalue weighted by molar-refractivity contribution is 6.00. The molecule has 1 unspecified atom stereocenters. The molecule has 0 aliphatic carbocycles. The minimum atomic E-state index is -0.382. The summed E-state index contributed by atoms with van der Waals surface area (Å²) in [5, 5.41) is 18.4. The third-order valence-corrected chi connectivity index (χ3v) is 6.45. The Morgan fingerprint density at radius 3 is 2.53 bits per heavy atom. The first kappa shape index (κ1) is 21.8. The molecular formula is C28H27N3O3. The van der Waals surface area contributed by atoms with Crippen LogP contribution in [-0.2, 0) is 6.54 Å². The number of carbonyl (C=O) groups excluding carboxylic acids is 1. The molecule has 2 heterocycles. The zero-order valence-electron chi connectivity index (χ0n) is 19.7. The molecule has 0 saturated heterocycles. The monoisotopic (exact) mass is 453 g/mol. The minimum Gasteiger partial charge on any atom is -0.507 e. The smallest absolute Gasteiger partial charge is 0.273 e. The van der Waals surface area contributed by atoms with E-state index in [0.717, 1.165) is 27.8 Å². The molecule has 0 saturated carbocycles. The molecule has 0 fully saturated rings. The lowest BCUT2D eigenvalue weighted by Gasteiger charge is -2.27. The van der Waals surface area contributed by atoms with Crippen molar-refractivity contribution < 1.29 is 14.6 Å². The number of H-pyrrole nitrogens is 1. The Morgan fingerprint density at radius 2 is 1.79 bits per heavy atom. The van der Waals surface area contributed by atoms with Crippen molar-refractivity contribution in [2.24, 2.45) is 0 Å². The summed E-state index contributed by atoms with van der Waals surface area (Å²) < 4.78 is 5.48. The van der Waals surface area contributed by atoms with E-state index in [1.54, 1.807) is 7.11 Å². The summed E-state index contributed by atoms with van der Waals surface area (Å²) in [5.41, 5.74) is 7.35. The van der Waals surface area contributed by atoms with Gasteiger partial charge in [-0.15, -0.1) is 0 Å². The number of amides is 1. The second-order valence-corrected chi connectivity index (χ2v) is 8.94. The van der Waals surface area contributed by atoms with Crippen LogP contribution in [0.5, 0.6) is 11.5 Å². The SMILES string of the molecule is COc1cccc(C2c3c(-c4cc(C)cc(C)c4O)n[nH]c3C(=O)N2Cc2ccc(C)cc2)c1. The summed E-state index contributed by atoms with van der Waals surface area (Å²) in [5.74, 6) is 0.771. The van der Waals surface area contributed by atoms with Crippen molar-refractivity contribution >= 4 is 5.91 Å². The predicted octanol–water partition coefficient (Wildman–Crippen LogP) is 5.46. The van der Waals surface area contributed by atoms with Gasteiger partial charge >= 0.3 is 0 Å². The number of aromatic amines is 1. The van der Waals surface area contributed by atoms with E-state index in [4.69, 9.17) is 4.74 Å². The van der Waals surface area contributed by atoms with E-state index in [-0.39, 0.29) is 17.7 Å². The molecule has 3 aromatic carbocycles. The standard InChI is InChI=1S/C28H27N3O3/c1-16-8-10-19(11-9-16)15-31-26(20-6-5-7-21(14-20)34-4)23-24(29-30-25(23)28(31)33)22-13-17(2)12-18(3)27(22)32/h5-14,26,32H,15H2,1-4H3,(H,29,30). The first-order chi connectivity index (χ1) is 16.4. The molecule has 1 amide bonds. The summed E-state index contributed by atoms with van der Waals surface area (Å²) in [7, 11) is 1.63. The highest BCUT2D eigenvalue weighted by atomic mass is 16.5. The van der Waals surface area contributed by atoms with Crippen LogP contribution in [0, 0.1) is 20.8 Å². The van der Waals surface area contributed by atoms with Gasteiger partial charge in [0.25, 0.3) is 5.91 Å². The van der Waals surface area contributed by atoms with Gasteiger partial charge in [0, 0.05) is 17.7 Å². The second-order valence-electron chi connectivity index (χ2n) is 8.94. The number of phenolic OH excluding ortho intramolecular Hbond substituents is 1. The van der Waals surface area contributed by atoms with Gasteiger partial charge in [-0.3, -0.25) is 9.89 Å². The summed E-state index contributed by atoms with van der Waals surface area (Å²) in [4.78, 5) is 15.5. The zero-order valence-corrected chi connectivity index (χ0v) is 19.7. The van der Waals surface area contributed by atoms with Gasteiger partial charge in [0.05, 0.1) is 13.2 Å². The van der Waals surface area contributed by atoms with Crippen molar-refractivity contribution in [3.8, 4) is 22.8 Å². The molecule has 34 heavy (non-hydrogen) atoms. The van der Waals surface area contributed by atoms with Gasteiger partial charge in [0.15, 0.2) is 0 Å². The first-order valence-corrected chi connectivity index (χ1v) is 11.3. The van der Waals surface area contributed by atoms with E-state index in [9.17, 15) is 9.90 Å². The van der Waals surface area contributed by atoms with Gasteiger partial charge < -0.3 is 14.7 Å². The van der Waals surface area contributed by atoms with Gasteiger partial charge in [0.2, 0.25) is 0 Å². The largest absolute Gasteiger partial charge is 0.507 e. The Hall–Kier alpha value is -4.06.